The molecule has 2 aliphatic rings. The molecule has 1 heterocycles. The maximum atomic E-state index is 10.4. The van der Waals surface area contributed by atoms with Crippen LogP contribution in [0.4, 0.5) is 5.69 Å². The fraction of sp³-hybridized carbons (Fsp3) is 0.312. The first-order valence-electron chi connectivity index (χ1n) is 13.6. The van der Waals surface area contributed by atoms with Gasteiger partial charge in [0.1, 0.15) is 5.75 Å². The Morgan fingerprint density at radius 3 is 2.39 bits per heavy atom. The van der Waals surface area contributed by atoms with E-state index in [1.807, 2.05) is 36.5 Å². The van der Waals surface area contributed by atoms with E-state index in [2.05, 4.69) is 64.2 Å². The number of aromatic hydroxyl groups is 1. The fourth-order valence-corrected chi connectivity index (χ4v) is 5.36. The number of phenols is 1. The van der Waals surface area contributed by atoms with E-state index in [0.717, 1.165) is 63.0 Å². The minimum Gasteiger partial charge on any atom is -0.507 e. The molecule has 38 heavy (non-hydrogen) atoms. The topological polar surface area (TPSA) is 60.7 Å². The van der Waals surface area contributed by atoms with Gasteiger partial charge in [0.25, 0.3) is 0 Å². The Balaban J connectivity index is 1.42. The molecule has 0 atom stereocenters. The minimum atomic E-state index is 0.203. The molecule has 196 valence electrons. The van der Waals surface area contributed by atoms with Crippen molar-refractivity contribution in [2.24, 2.45) is 10.2 Å². The molecular weight excluding hydrogens is 472 g/mol. The number of morpholine rings is 1. The first-order valence-corrected chi connectivity index (χ1v) is 13.6. The molecule has 0 saturated carbocycles. The largest absolute Gasteiger partial charge is 0.507 e. The van der Waals surface area contributed by atoms with Crippen LogP contribution in [0.5, 0.6) is 5.75 Å². The summed E-state index contributed by atoms with van der Waals surface area (Å²) in [5.74, 6) is 0.203. The molecule has 1 saturated heterocycles. The smallest absolute Gasteiger partial charge is 0.125 e. The normalized spacial score (nSPS) is 17.5. The van der Waals surface area contributed by atoms with Crippen LogP contribution in [-0.2, 0) is 4.74 Å². The first-order chi connectivity index (χ1) is 18.7. The van der Waals surface area contributed by atoms with Crippen LogP contribution in [0.25, 0.3) is 16.8 Å². The quantitative estimate of drug-likeness (QED) is 0.288. The molecule has 1 N–H and O–H groups in total. The standard InChI is InChI=1S/C32H36N4O2/c1-3-35(4-2)28-14-9-24(10-15-28)21-26-11-12-27(32(26)36-17-19-38-20-18-36)22-33-34-23-30-29-8-6-5-7-25(29)13-16-31(30)37/h5-10,13-16,21-23,37H,3-4,11-12,17-20H2,1-2H3/b26-21-,33-22+,34-23+. The second-order valence-electron chi connectivity index (χ2n) is 9.62. The van der Waals surface area contributed by atoms with Crippen molar-refractivity contribution in [3.05, 3.63) is 88.6 Å². The molecule has 1 aliphatic carbocycles. The van der Waals surface area contributed by atoms with Gasteiger partial charge in [0.15, 0.2) is 0 Å². The van der Waals surface area contributed by atoms with Crippen molar-refractivity contribution in [3.8, 4) is 5.75 Å². The summed E-state index contributed by atoms with van der Waals surface area (Å²) in [4.78, 5) is 4.78. The number of fused-ring (bicyclic) bond motifs is 1. The van der Waals surface area contributed by atoms with Gasteiger partial charge in [0, 0.05) is 43.1 Å². The molecule has 0 bridgehead atoms. The molecule has 6 heteroatoms. The Bertz CT molecular complexity index is 1380. The average molecular weight is 509 g/mol. The van der Waals surface area contributed by atoms with E-state index in [0.29, 0.717) is 5.56 Å². The molecule has 5 rings (SSSR count). The lowest BCUT2D eigenvalue weighted by Crippen LogP contribution is -2.36. The second-order valence-corrected chi connectivity index (χ2v) is 9.62. The van der Waals surface area contributed by atoms with Gasteiger partial charge in [-0.1, -0.05) is 42.5 Å². The zero-order chi connectivity index (χ0) is 26.3. The summed E-state index contributed by atoms with van der Waals surface area (Å²) in [6.07, 6.45) is 7.74. The third-order valence-electron chi connectivity index (χ3n) is 7.38. The lowest BCUT2D eigenvalue weighted by Gasteiger charge is -2.31. The van der Waals surface area contributed by atoms with E-state index in [9.17, 15) is 5.11 Å². The van der Waals surface area contributed by atoms with Crippen molar-refractivity contribution in [1.29, 1.82) is 0 Å². The predicted molar refractivity (Wildman–Crippen MR) is 158 cm³/mol. The highest BCUT2D eigenvalue weighted by atomic mass is 16.5. The molecular formula is C32H36N4O2. The van der Waals surface area contributed by atoms with Crippen LogP contribution in [0.3, 0.4) is 0 Å². The first kappa shape index (κ1) is 25.7. The van der Waals surface area contributed by atoms with Gasteiger partial charge in [-0.2, -0.15) is 10.2 Å². The SMILES string of the molecule is CCN(CC)c1ccc(/C=C2/CCC(/C=N/N=C/c3c(O)ccc4ccccc34)=C2N2CCOCC2)cc1. The maximum absolute atomic E-state index is 10.4. The molecule has 0 unspecified atom stereocenters. The summed E-state index contributed by atoms with van der Waals surface area (Å²) in [5.41, 5.74) is 6.94. The van der Waals surface area contributed by atoms with Gasteiger partial charge >= 0.3 is 0 Å². The van der Waals surface area contributed by atoms with Crippen molar-refractivity contribution in [3.63, 3.8) is 0 Å². The van der Waals surface area contributed by atoms with Gasteiger partial charge in [-0.05, 0) is 78.4 Å². The van der Waals surface area contributed by atoms with Crippen LogP contribution in [0.1, 0.15) is 37.8 Å². The van der Waals surface area contributed by atoms with E-state index in [-0.39, 0.29) is 5.75 Å². The van der Waals surface area contributed by atoms with E-state index < -0.39 is 0 Å². The summed E-state index contributed by atoms with van der Waals surface area (Å²) in [6.45, 7) is 9.61. The third kappa shape index (κ3) is 5.65. The highest BCUT2D eigenvalue weighted by molar-refractivity contribution is 6.02. The maximum Gasteiger partial charge on any atom is 0.125 e. The lowest BCUT2D eigenvalue weighted by atomic mass is 10.0. The van der Waals surface area contributed by atoms with Crippen molar-refractivity contribution < 1.29 is 9.84 Å². The number of benzene rings is 3. The Morgan fingerprint density at radius 2 is 1.63 bits per heavy atom. The van der Waals surface area contributed by atoms with Gasteiger partial charge in [0.05, 0.1) is 25.6 Å². The number of rotatable bonds is 8. The minimum absolute atomic E-state index is 0.203. The highest BCUT2D eigenvalue weighted by Crippen LogP contribution is 2.35. The zero-order valence-electron chi connectivity index (χ0n) is 22.3. The number of anilines is 1. The highest BCUT2D eigenvalue weighted by Gasteiger charge is 2.25. The molecule has 0 aromatic heterocycles. The Morgan fingerprint density at radius 1 is 0.895 bits per heavy atom. The lowest BCUT2D eigenvalue weighted by molar-refractivity contribution is 0.0548. The van der Waals surface area contributed by atoms with Gasteiger partial charge in [0.2, 0.25) is 0 Å². The number of hydrogen-bond donors (Lipinski definition) is 1. The van der Waals surface area contributed by atoms with Crippen LogP contribution in [0.15, 0.2) is 87.7 Å². The van der Waals surface area contributed by atoms with Crippen LogP contribution in [0, 0.1) is 0 Å². The van der Waals surface area contributed by atoms with Gasteiger partial charge in [-0.25, -0.2) is 0 Å². The molecule has 1 aliphatic heterocycles. The van der Waals surface area contributed by atoms with E-state index >= 15 is 0 Å². The molecule has 0 radical (unpaired) electrons. The number of ether oxygens (including phenoxy) is 1. The fourth-order valence-electron chi connectivity index (χ4n) is 5.36. The van der Waals surface area contributed by atoms with Gasteiger partial charge in [-0.15, -0.1) is 0 Å². The summed E-state index contributed by atoms with van der Waals surface area (Å²) >= 11 is 0. The number of nitrogens with zero attached hydrogens (tertiary/aromatic N) is 4. The molecule has 0 spiro atoms. The van der Waals surface area contributed by atoms with Crippen molar-refractivity contribution in [1.82, 2.24) is 4.90 Å². The van der Waals surface area contributed by atoms with Crippen LogP contribution in [-0.4, -0.2) is 61.8 Å². The van der Waals surface area contributed by atoms with E-state index in [1.54, 1.807) is 12.3 Å². The third-order valence-corrected chi connectivity index (χ3v) is 7.38. The van der Waals surface area contributed by atoms with Crippen molar-refractivity contribution in [2.45, 2.75) is 26.7 Å². The Hall–Kier alpha value is -3.90. The zero-order valence-corrected chi connectivity index (χ0v) is 22.3. The average Bonchev–Trinajstić information content (AvgIpc) is 3.36. The van der Waals surface area contributed by atoms with Crippen LogP contribution in [0.2, 0.25) is 0 Å². The van der Waals surface area contributed by atoms with E-state index in [1.165, 1.54) is 28.1 Å². The number of allylic oxidation sites excluding steroid dienone is 2. The van der Waals surface area contributed by atoms with Crippen molar-refractivity contribution in [2.75, 3.05) is 44.3 Å². The molecule has 1 fully saturated rings. The van der Waals surface area contributed by atoms with Crippen molar-refractivity contribution >= 4 is 35.0 Å². The summed E-state index contributed by atoms with van der Waals surface area (Å²) < 4.78 is 5.63. The number of phenolic OH excluding ortho intramolecular Hbond substituents is 1. The van der Waals surface area contributed by atoms with Gasteiger partial charge < -0.3 is 19.6 Å². The van der Waals surface area contributed by atoms with Crippen LogP contribution < -0.4 is 4.90 Å². The molecule has 6 nitrogen and oxygen atoms in total. The van der Waals surface area contributed by atoms with Gasteiger partial charge in [-0.3, -0.25) is 0 Å². The predicted octanol–water partition coefficient (Wildman–Crippen LogP) is 6.26. The summed E-state index contributed by atoms with van der Waals surface area (Å²) in [6, 6.07) is 20.4. The number of hydrogen-bond acceptors (Lipinski definition) is 6. The summed E-state index contributed by atoms with van der Waals surface area (Å²) in [7, 11) is 0. The van der Waals surface area contributed by atoms with Crippen LogP contribution >= 0.6 is 0 Å². The molecule has 0 amide bonds. The van der Waals surface area contributed by atoms with E-state index in [4.69, 9.17) is 4.74 Å². The molecule has 3 aromatic rings. The summed E-state index contributed by atoms with van der Waals surface area (Å²) in [5, 5.41) is 21.2. The second kappa shape index (κ2) is 12.1. The molecule has 3 aromatic carbocycles. The Kier molecular flexibility index (Phi) is 8.19. The Labute approximate surface area is 225 Å². The monoisotopic (exact) mass is 508 g/mol.